The first-order valence-electron chi connectivity index (χ1n) is 5.15. The molecule has 1 heterocycles. The van der Waals surface area contributed by atoms with Crippen molar-refractivity contribution in [3.05, 3.63) is 58.0 Å². The lowest BCUT2D eigenvalue weighted by Gasteiger charge is -2.10. The summed E-state index contributed by atoms with van der Waals surface area (Å²) in [6, 6.07) is 9.35. The van der Waals surface area contributed by atoms with Gasteiger partial charge in [-0.3, -0.25) is 0 Å². The Kier molecular flexibility index (Phi) is 3.03. The van der Waals surface area contributed by atoms with Crippen molar-refractivity contribution in [2.45, 2.75) is 19.9 Å². The molecule has 1 aromatic carbocycles. The molecule has 0 aliphatic carbocycles. The molecular weight excluding hydrogens is 222 g/mol. The molecule has 0 aliphatic rings. The maximum atomic E-state index is 6.12. The fraction of sp³-hybridized carbons (Fsp3) is 0.231. The second-order valence-corrected chi connectivity index (χ2v) is 4.42. The molecule has 2 rings (SSSR count). The monoisotopic (exact) mass is 235 g/mol. The lowest BCUT2D eigenvalue weighted by molar-refractivity contribution is 0.466. The molecule has 0 amide bonds. The van der Waals surface area contributed by atoms with Gasteiger partial charge in [0.05, 0.1) is 6.04 Å². The molecular formula is C13H14ClNO. The second kappa shape index (κ2) is 4.32. The lowest BCUT2D eigenvalue weighted by Crippen LogP contribution is -2.11. The lowest BCUT2D eigenvalue weighted by atomic mass is 10.0. The largest absolute Gasteiger partial charge is 0.464 e. The van der Waals surface area contributed by atoms with Crippen molar-refractivity contribution < 1.29 is 4.42 Å². The summed E-state index contributed by atoms with van der Waals surface area (Å²) in [7, 11) is 0. The van der Waals surface area contributed by atoms with Crippen LogP contribution in [0.4, 0.5) is 0 Å². The number of hydrogen-bond donors (Lipinski definition) is 1. The number of nitrogens with two attached hydrogens (primary N) is 1. The molecule has 2 aromatic rings. The third kappa shape index (κ3) is 2.29. The summed E-state index contributed by atoms with van der Waals surface area (Å²) in [6.45, 7) is 3.90. The predicted octanol–water partition coefficient (Wildman–Crippen LogP) is 3.60. The van der Waals surface area contributed by atoms with E-state index in [-0.39, 0.29) is 6.04 Å². The summed E-state index contributed by atoms with van der Waals surface area (Å²) in [5.74, 6) is 1.63. The number of halogens is 1. The van der Waals surface area contributed by atoms with Gasteiger partial charge < -0.3 is 10.2 Å². The highest BCUT2D eigenvalue weighted by molar-refractivity contribution is 6.30. The minimum absolute atomic E-state index is 0.258. The first kappa shape index (κ1) is 11.2. The Labute approximate surface area is 100 Å². The molecule has 0 aliphatic heterocycles. The Morgan fingerprint density at radius 2 is 1.94 bits per heavy atom. The van der Waals surface area contributed by atoms with Crippen LogP contribution in [0.2, 0.25) is 5.02 Å². The van der Waals surface area contributed by atoms with Crippen LogP contribution in [0.25, 0.3) is 0 Å². The van der Waals surface area contributed by atoms with Gasteiger partial charge in [-0.05, 0) is 49.2 Å². The van der Waals surface area contributed by atoms with E-state index in [1.807, 2.05) is 44.2 Å². The smallest absolute Gasteiger partial charge is 0.125 e. The van der Waals surface area contributed by atoms with Gasteiger partial charge in [-0.25, -0.2) is 0 Å². The summed E-state index contributed by atoms with van der Waals surface area (Å²) in [5.41, 5.74) is 8.18. The van der Waals surface area contributed by atoms with E-state index in [0.29, 0.717) is 5.02 Å². The highest BCUT2D eigenvalue weighted by Gasteiger charge is 2.13. The van der Waals surface area contributed by atoms with E-state index in [2.05, 4.69) is 0 Å². The summed E-state index contributed by atoms with van der Waals surface area (Å²) in [6.07, 6.45) is 0. The zero-order valence-corrected chi connectivity index (χ0v) is 10.1. The molecule has 0 bridgehead atoms. The number of rotatable bonds is 2. The third-order valence-corrected chi connectivity index (χ3v) is 2.71. The van der Waals surface area contributed by atoms with E-state index in [1.165, 1.54) is 0 Å². The predicted molar refractivity (Wildman–Crippen MR) is 65.7 cm³/mol. The molecule has 1 atom stereocenters. The van der Waals surface area contributed by atoms with Gasteiger partial charge in [0.15, 0.2) is 0 Å². The normalized spacial score (nSPS) is 12.8. The Morgan fingerprint density at radius 3 is 2.50 bits per heavy atom. The zero-order valence-electron chi connectivity index (χ0n) is 9.33. The van der Waals surface area contributed by atoms with Crippen LogP contribution in [-0.2, 0) is 0 Å². The van der Waals surface area contributed by atoms with Crippen LogP contribution in [0.5, 0.6) is 0 Å². The van der Waals surface area contributed by atoms with Gasteiger partial charge in [0.2, 0.25) is 0 Å². The average molecular weight is 236 g/mol. The van der Waals surface area contributed by atoms with Crippen molar-refractivity contribution in [2.24, 2.45) is 5.73 Å². The SMILES string of the molecule is Cc1cc(Cl)cc(C(N)c2ccc(C)o2)c1. The standard InChI is InChI=1S/C13H14ClNO/c1-8-5-10(7-11(14)6-8)13(15)12-4-3-9(2)16-12/h3-7,13H,15H2,1-2H3. The first-order chi connectivity index (χ1) is 7.56. The summed E-state index contributed by atoms with van der Waals surface area (Å²) in [5, 5.41) is 0.703. The molecule has 0 saturated heterocycles. The maximum absolute atomic E-state index is 6.12. The van der Waals surface area contributed by atoms with Crippen molar-refractivity contribution in [2.75, 3.05) is 0 Å². The van der Waals surface area contributed by atoms with Crippen molar-refractivity contribution >= 4 is 11.6 Å². The van der Waals surface area contributed by atoms with Crippen LogP contribution in [-0.4, -0.2) is 0 Å². The van der Waals surface area contributed by atoms with E-state index in [4.69, 9.17) is 21.8 Å². The van der Waals surface area contributed by atoms with Crippen molar-refractivity contribution in [1.29, 1.82) is 0 Å². The number of benzene rings is 1. The topological polar surface area (TPSA) is 39.2 Å². The van der Waals surface area contributed by atoms with Crippen LogP contribution >= 0.6 is 11.6 Å². The fourth-order valence-electron chi connectivity index (χ4n) is 1.73. The molecule has 3 heteroatoms. The van der Waals surface area contributed by atoms with Gasteiger partial charge in [-0.15, -0.1) is 0 Å². The van der Waals surface area contributed by atoms with Crippen molar-refractivity contribution in [3.8, 4) is 0 Å². The van der Waals surface area contributed by atoms with Gasteiger partial charge in [0.25, 0.3) is 0 Å². The van der Waals surface area contributed by atoms with Gasteiger partial charge in [-0.1, -0.05) is 17.7 Å². The van der Waals surface area contributed by atoms with Crippen molar-refractivity contribution in [3.63, 3.8) is 0 Å². The zero-order chi connectivity index (χ0) is 11.7. The number of aryl methyl sites for hydroxylation is 2. The molecule has 0 spiro atoms. The molecule has 2 N–H and O–H groups in total. The molecule has 1 aromatic heterocycles. The molecule has 0 saturated carbocycles. The van der Waals surface area contributed by atoms with E-state index < -0.39 is 0 Å². The van der Waals surface area contributed by atoms with Gasteiger partial charge in [-0.2, -0.15) is 0 Å². The van der Waals surface area contributed by atoms with Gasteiger partial charge >= 0.3 is 0 Å². The fourth-order valence-corrected chi connectivity index (χ4v) is 2.03. The van der Waals surface area contributed by atoms with Gasteiger partial charge in [0.1, 0.15) is 11.5 Å². The molecule has 84 valence electrons. The third-order valence-electron chi connectivity index (χ3n) is 2.49. The Hall–Kier alpha value is -1.25. The van der Waals surface area contributed by atoms with E-state index in [1.54, 1.807) is 0 Å². The van der Waals surface area contributed by atoms with E-state index in [9.17, 15) is 0 Å². The first-order valence-corrected chi connectivity index (χ1v) is 5.53. The molecule has 0 radical (unpaired) electrons. The minimum atomic E-state index is -0.258. The highest BCUT2D eigenvalue weighted by atomic mass is 35.5. The summed E-state index contributed by atoms with van der Waals surface area (Å²) < 4.78 is 5.51. The van der Waals surface area contributed by atoms with Gasteiger partial charge in [0, 0.05) is 5.02 Å². The van der Waals surface area contributed by atoms with Crippen LogP contribution < -0.4 is 5.73 Å². The molecule has 0 fully saturated rings. The average Bonchev–Trinajstić information content (AvgIpc) is 2.62. The molecule has 16 heavy (non-hydrogen) atoms. The van der Waals surface area contributed by atoms with Crippen LogP contribution in [0.3, 0.4) is 0 Å². The molecule has 1 unspecified atom stereocenters. The number of furan rings is 1. The number of hydrogen-bond acceptors (Lipinski definition) is 2. The summed E-state index contributed by atoms with van der Waals surface area (Å²) >= 11 is 6.00. The van der Waals surface area contributed by atoms with Crippen LogP contribution in [0, 0.1) is 13.8 Å². The van der Waals surface area contributed by atoms with Crippen LogP contribution in [0.15, 0.2) is 34.7 Å². The maximum Gasteiger partial charge on any atom is 0.125 e. The van der Waals surface area contributed by atoms with E-state index in [0.717, 1.165) is 22.6 Å². The van der Waals surface area contributed by atoms with E-state index >= 15 is 0 Å². The second-order valence-electron chi connectivity index (χ2n) is 3.99. The Bertz CT molecular complexity index is 484. The quantitative estimate of drug-likeness (QED) is 0.864. The van der Waals surface area contributed by atoms with Crippen LogP contribution in [0.1, 0.15) is 28.7 Å². The van der Waals surface area contributed by atoms with Crippen molar-refractivity contribution in [1.82, 2.24) is 0 Å². The molecule has 2 nitrogen and oxygen atoms in total. The highest BCUT2D eigenvalue weighted by Crippen LogP contribution is 2.25. The Morgan fingerprint density at radius 1 is 1.19 bits per heavy atom. The minimum Gasteiger partial charge on any atom is -0.464 e. The summed E-state index contributed by atoms with van der Waals surface area (Å²) in [4.78, 5) is 0. The Balaban J connectivity index is 2.37.